The van der Waals surface area contributed by atoms with Crippen molar-refractivity contribution in [2.24, 2.45) is 7.05 Å². The van der Waals surface area contributed by atoms with Crippen LogP contribution >= 0.6 is 23.1 Å². The zero-order valence-corrected chi connectivity index (χ0v) is 19.9. The molecule has 0 bridgehead atoms. The molecule has 0 amide bonds. The van der Waals surface area contributed by atoms with E-state index in [4.69, 9.17) is 4.74 Å². The lowest BCUT2D eigenvalue weighted by atomic mass is 10.1. The van der Waals surface area contributed by atoms with Crippen LogP contribution in [-0.4, -0.2) is 32.4 Å². The molecule has 0 atom stereocenters. The lowest BCUT2D eigenvalue weighted by Crippen LogP contribution is -2.30. The Kier molecular flexibility index (Phi) is 5.37. The first-order valence-electron chi connectivity index (χ1n) is 9.94. The SMILES string of the molecule is COc1ccc2c(c1)N(CCS(=O)(=O)O)C(=Cc1sc3ccc4ccccc4c3[n+]1C)S2. The molecule has 6 nitrogen and oxygen atoms in total. The van der Waals surface area contributed by atoms with Gasteiger partial charge in [0.1, 0.15) is 17.5 Å². The molecule has 1 N–H and O–H groups in total. The molecule has 2 heterocycles. The molecule has 164 valence electrons. The highest BCUT2D eigenvalue weighted by atomic mass is 32.2. The van der Waals surface area contributed by atoms with Crippen LogP contribution in [0.3, 0.4) is 0 Å². The summed E-state index contributed by atoms with van der Waals surface area (Å²) in [6.07, 6.45) is 2.08. The van der Waals surface area contributed by atoms with Gasteiger partial charge in [-0.2, -0.15) is 13.0 Å². The van der Waals surface area contributed by atoms with Crippen molar-refractivity contribution in [3.8, 4) is 5.75 Å². The van der Waals surface area contributed by atoms with Crippen LogP contribution < -0.4 is 14.2 Å². The molecule has 0 spiro atoms. The van der Waals surface area contributed by atoms with Crippen LogP contribution in [-0.2, 0) is 17.2 Å². The molecule has 9 heteroatoms. The molecular weight excluding hydrogens is 464 g/mol. The van der Waals surface area contributed by atoms with Crippen LogP contribution in [0.25, 0.3) is 27.1 Å². The molecule has 5 rings (SSSR count). The quantitative estimate of drug-likeness (QED) is 0.327. The fourth-order valence-electron chi connectivity index (χ4n) is 3.94. The van der Waals surface area contributed by atoms with Crippen molar-refractivity contribution < 1.29 is 22.3 Å². The van der Waals surface area contributed by atoms with Gasteiger partial charge in [0.05, 0.1) is 35.0 Å². The third kappa shape index (κ3) is 3.86. The van der Waals surface area contributed by atoms with Gasteiger partial charge >= 0.3 is 0 Å². The van der Waals surface area contributed by atoms with Gasteiger partial charge in [-0.05, 0) is 29.7 Å². The number of hydrogen-bond donors (Lipinski definition) is 1. The van der Waals surface area contributed by atoms with Crippen LogP contribution in [0.2, 0.25) is 0 Å². The van der Waals surface area contributed by atoms with Crippen LogP contribution in [0.1, 0.15) is 5.01 Å². The number of anilines is 1. The predicted molar refractivity (Wildman–Crippen MR) is 131 cm³/mol. The van der Waals surface area contributed by atoms with Crippen LogP contribution in [0.15, 0.2) is 64.5 Å². The molecule has 0 aliphatic carbocycles. The van der Waals surface area contributed by atoms with Gasteiger partial charge in [-0.3, -0.25) is 4.55 Å². The van der Waals surface area contributed by atoms with Gasteiger partial charge in [0, 0.05) is 17.5 Å². The summed E-state index contributed by atoms with van der Waals surface area (Å²) in [5.41, 5.74) is 2.05. The molecular formula is C23H21N2O4S3+. The lowest BCUT2D eigenvalue weighted by molar-refractivity contribution is -0.641. The highest BCUT2D eigenvalue weighted by molar-refractivity contribution is 8.04. The minimum absolute atomic E-state index is 0.148. The summed E-state index contributed by atoms with van der Waals surface area (Å²) in [7, 11) is -0.438. The Morgan fingerprint density at radius 3 is 2.75 bits per heavy atom. The monoisotopic (exact) mass is 485 g/mol. The summed E-state index contributed by atoms with van der Waals surface area (Å²) in [5.74, 6) is 0.339. The van der Waals surface area contributed by atoms with Gasteiger partial charge in [-0.1, -0.05) is 47.4 Å². The van der Waals surface area contributed by atoms with Crippen LogP contribution in [0.5, 0.6) is 5.75 Å². The average Bonchev–Trinajstić information content (AvgIpc) is 3.28. The van der Waals surface area contributed by atoms with E-state index in [1.165, 1.54) is 21.0 Å². The first kappa shape index (κ1) is 21.3. The van der Waals surface area contributed by atoms with E-state index in [0.717, 1.165) is 20.6 Å². The maximum absolute atomic E-state index is 11.5. The van der Waals surface area contributed by atoms with Crippen LogP contribution in [0.4, 0.5) is 5.69 Å². The summed E-state index contributed by atoms with van der Waals surface area (Å²) in [4.78, 5) is 2.94. The Hall–Kier alpha value is -2.59. The van der Waals surface area contributed by atoms with Gasteiger partial charge in [-0.25, -0.2) is 0 Å². The van der Waals surface area contributed by atoms with E-state index < -0.39 is 10.1 Å². The summed E-state index contributed by atoms with van der Waals surface area (Å²) in [6, 6.07) is 18.4. The number of rotatable bonds is 5. The number of aromatic nitrogens is 1. The summed E-state index contributed by atoms with van der Waals surface area (Å²) < 4.78 is 41.0. The van der Waals surface area contributed by atoms with E-state index in [1.54, 1.807) is 30.2 Å². The largest absolute Gasteiger partial charge is 0.497 e. The number of thiazole rings is 1. The number of benzene rings is 3. The molecule has 0 radical (unpaired) electrons. The van der Waals surface area contributed by atoms with E-state index in [0.29, 0.717) is 5.75 Å². The standard InChI is InChI=1S/C23H20N2O4S3/c1-24-21(31-20-9-7-15-5-3-4-6-17(15)23(20)24)14-22-25(11-12-32(26,27)28)18-13-16(29-2)8-10-19(18)30-22/h3-10,13-14H,11-12H2,1-2H3/p+1. The predicted octanol–water partition coefficient (Wildman–Crippen LogP) is 4.69. The first-order chi connectivity index (χ1) is 15.3. The maximum Gasteiger partial charge on any atom is 0.266 e. The first-order valence-corrected chi connectivity index (χ1v) is 13.2. The number of nitrogens with zero attached hydrogens (tertiary/aromatic N) is 2. The average molecular weight is 486 g/mol. The molecule has 32 heavy (non-hydrogen) atoms. The second-order valence-electron chi connectivity index (χ2n) is 7.49. The number of ether oxygens (including phenoxy) is 1. The van der Waals surface area contributed by atoms with Crippen molar-refractivity contribution in [1.82, 2.24) is 0 Å². The number of methoxy groups -OCH3 is 1. The molecule has 1 aliphatic heterocycles. The topological polar surface area (TPSA) is 70.7 Å². The van der Waals surface area contributed by atoms with Crippen molar-refractivity contribution in [3.63, 3.8) is 0 Å². The molecule has 1 aromatic heterocycles. The van der Waals surface area contributed by atoms with Crippen LogP contribution in [0, 0.1) is 0 Å². The van der Waals surface area contributed by atoms with Gasteiger partial charge in [0.25, 0.3) is 15.1 Å². The molecule has 0 saturated carbocycles. The number of fused-ring (bicyclic) bond motifs is 4. The Morgan fingerprint density at radius 1 is 1.16 bits per heavy atom. The zero-order chi connectivity index (χ0) is 22.5. The zero-order valence-electron chi connectivity index (χ0n) is 17.5. The van der Waals surface area contributed by atoms with Crippen molar-refractivity contribution in [1.29, 1.82) is 0 Å². The molecule has 0 saturated heterocycles. The number of hydrogen-bond acceptors (Lipinski definition) is 6. The molecule has 0 unspecified atom stereocenters. The highest BCUT2D eigenvalue weighted by Gasteiger charge is 2.29. The van der Waals surface area contributed by atoms with E-state index in [9.17, 15) is 13.0 Å². The Balaban J connectivity index is 1.62. The summed E-state index contributed by atoms with van der Waals surface area (Å²) >= 11 is 3.27. The summed E-state index contributed by atoms with van der Waals surface area (Å²) in [6.45, 7) is 0.148. The minimum atomic E-state index is -4.09. The maximum atomic E-state index is 11.5. The van der Waals surface area contributed by atoms with Crippen molar-refractivity contribution in [2.75, 3.05) is 24.3 Å². The second kappa shape index (κ2) is 8.08. The van der Waals surface area contributed by atoms with E-state index >= 15 is 0 Å². The fraction of sp³-hybridized carbons (Fsp3) is 0.174. The van der Waals surface area contributed by atoms with Gasteiger partial charge in [-0.15, -0.1) is 0 Å². The van der Waals surface area contributed by atoms with Gasteiger partial charge < -0.3 is 9.64 Å². The Bertz CT molecular complexity index is 1490. The van der Waals surface area contributed by atoms with Crippen molar-refractivity contribution >= 4 is 66.0 Å². The third-order valence-corrected chi connectivity index (χ3v) is 8.46. The summed E-state index contributed by atoms with van der Waals surface area (Å²) in [5, 5.41) is 4.35. The minimum Gasteiger partial charge on any atom is -0.497 e. The Labute approximate surface area is 194 Å². The fourth-order valence-corrected chi connectivity index (χ4v) is 6.64. The van der Waals surface area contributed by atoms with E-state index in [1.807, 2.05) is 35.2 Å². The molecule has 1 aliphatic rings. The van der Waals surface area contributed by atoms with Gasteiger partial charge in [0.2, 0.25) is 5.52 Å². The normalized spacial score (nSPS) is 15.1. The number of thioether (sulfide) groups is 1. The van der Waals surface area contributed by atoms with Crippen molar-refractivity contribution in [3.05, 3.63) is 64.6 Å². The molecule has 3 aromatic carbocycles. The van der Waals surface area contributed by atoms with Crippen molar-refractivity contribution in [2.45, 2.75) is 4.90 Å². The van der Waals surface area contributed by atoms with Gasteiger partial charge in [0.15, 0.2) is 0 Å². The molecule has 0 fully saturated rings. The lowest BCUT2D eigenvalue weighted by Gasteiger charge is -2.19. The number of aryl methyl sites for hydroxylation is 1. The van der Waals surface area contributed by atoms with E-state index in [-0.39, 0.29) is 12.3 Å². The smallest absolute Gasteiger partial charge is 0.266 e. The third-order valence-electron chi connectivity index (χ3n) is 5.50. The van der Waals surface area contributed by atoms with E-state index in [2.05, 4.69) is 42.0 Å². The Morgan fingerprint density at radius 2 is 1.97 bits per heavy atom. The highest BCUT2D eigenvalue weighted by Crippen LogP contribution is 2.48. The second-order valence-corrected chi connectivity index (χ2v) is 11.2. The molecule has 4 aromatic rings.